The molecule has 18 heavy (non-hydrogen) atoms. The highest BCUT2D eigenvalue weighted by Crippen LogP contribution is 2.43. The van der Waals surface area contributed by atoms with Gasteiger partial charge in [0.05, 0.1) is 6.26 Å². The minimum atomic E-state index is -0.824. The molecule has 0 atom stereocenters. The Labute approximate surface area is 104 Å². The van der Waals surface area contributed by atoms with E-state index in [9.17, 15) is 9.90 Å². The van der Waals surface area contributed by atoms with Crippen molar-refractivity contribution in [3.05, 3.63) is 29.9 Å². The van der Waals surface area contributed by atoms with Crippen LogP contribution in [0.25, 0.3) is 11.5 Å². The minimum absolute atomic E-state index is 0.546. The molecule has 3 rings (SSSR count). The van der Waals surface area contributed by atoms with Gasteiger partial charge in [-0.25, -0.2) is 4.98 Å². The first kappa shape index (κ1) is 11.1. The molecular weight excluding hydrogens is 232 g/mol. The number of aromatic nitrogens is 2. The molecule has 0 amide bonds. The molecule has 0 spiro atoms. The van der Waals surface area contributed by atoms with Crippen molar-refractivity contribution in [3.63, 3.8) is 0 Å². The molecular formula is C13H14N2O3. The average molecular weight is 246 g/mol. The number of aryl methyl sites for hydroxylation is 1. The van der Waals surface area contributed by atoms with E-state index in [1.165, 1.54) is 0 Å². The number of H-pyrrole nitrogens is 1. The zero-order chi connectivity index (χ0) is 12.8. The molecule has 2 heterocycles. The van der Waals surface area contributed by atoms with Gasteiger partial charge in [-0.05, 0) is 31.9 Å². The van der Waals surface area contributed by atoms with Crippen molar-refractivity contribution in [1.29, 1.82) is 0 Å². The number of aromatic amines is 1. The summed E-state index contributed by atoms with van der Waals surface area (Å²) in [5, 5.41) is 9.38. The Morgan fingerprint density at radius 2 is 2.33 bits per heavy atom. The van der Waals surface area contributed by atoms with Crippen molar-refractivity contribution in [2.24, 2.45) is 0 Å². The van der Waals surface area contributed by atoms with Crippen LogP contribution in [0.3, 0.4) is 0 Å². The molecule has 2 N–H and O–H groups in total. The molecule has 0 bridgehead atoms. The maximum absolute atomic E-state index is 11.4. The molecule has 2 aromatic heterocycles. The Bertz CT molecular complexity index is 579. The summed E-state index contributed by atoms with van der Waals surface area (Å²) in [6, 6.07) is 3.61. The molecule has 1 saturated carbocycles. The third-order valence-electron chi connectivity index (χ3n) is 3.71. The van der Waals surface area contributed by atoms with Crippen molar-refractivity contribution >= 4 is 5.97 Å². The Kier molecular flexibility index (Phi) is 2.29. The number of aliphatic carboxylic acids is 1. The molecule has 0 aromatic carbocycles. The maximum atomic E-state index is 11.4. The van der Waals surface area contributed by atoms with Crippen molar-refractivity contribution in [2.45, 2.75) is 31.6 Å². The van der Waals surface area contributed by atoms with Crippen LogP contribution in [0.1, 0.15) is 30.8 Å². The van der Waals surface area contributed by atoms with E-state index < -0.39 is 11.4 Å². The van der Waals surface area contributed by atoms with Crippen LogP contribution in [0, 0.1) is 6.92 Å². The van der Waals surface area contributed by atoms with Crippen LogP contribution < -0.4 is 0 Å². The fraction of sp³-hybridized carbons (Fsp3) is 0.385. The van der Waals surface area contributed by atoms with Gasteiger partial charge in [0.2, 0.25) is 0 Å². The number of carboxylic acid groups (broad SMARTS) is 1. The lowest BCUT2D eigenvalue weighted by Gasteiger charge is -2.35. The molecule has 94 valence electrons. The average Bonchev–Trinajstić information content (AvgIpc) is 2.84. The van der Waals surface area contributed by atoms with E-state index >= 15 is 0 Å². The predicted octanol–water partition coefficient (Wildman–Crippen LogP) is 2.48. The third kappa shape index (κ3) is 1.40. The van der Waals surface area contributed by atoms with Crippen LogP contribution >= 0.6 is 0 Å². The van der Waals surface area contributed by atoms with Gasteiger partial charge in [-0.15, -0.1) is 0 Å². The van der Waals surface area contributed by atoms with Crippen molar-refractivity contribution in [1.82, 2.24) is 9.97 Å². The van der Waals surface area contributed by atoms with Gasteiger partial charge < -0.3 is 14.5 Å². The molecule has 0 radical (unpaired) electrons. The lowest BCUT2D eigenvalue weighted by molar-refractivity contribution is -0.147. The lowest BCUT2D eigenvalue weighted by atomic mass is 9.68. The molecule has 0 saturated heterocycles. The van der Waals surface area contributed by atoms with Gasteiger partial charge in [-0.2, -0.15) is 0 Å². The molecule has 0 aliphatic heterocycles. The van der Waals surface area contributed by atoms with Crippen LogP contribution in [-0.2, 0) is 10.2 Å². The zero-order valence-electron chi connectivity index (χ0n) is 10.1. The maximum Gasteiger partial charge on any atom is 0.317 e. The number of nitrogens with zero attached hydrogens (tertiary/aromatic N) is 1. The predicted molar refractivity (Wildman–Crippen MR) is 64.2 cm³/mol. The van der Waals surface area contributed by atoms with Crippen molar-refractivity contribution in [3.8, 4) is 11.5 Å². The number of hydrogen-bond acceptors (Lipinski definition) is 3. The molecule has 5 nitrogen and oxygen atoms in total. The Morgan fingerprint density at radius 1 is 1.56 bits per heavy atom. The third-order valence-corrected chi connectivity index (χ3v) is 3.71. The first-order chi connectivity index (χ1) is 8.63. The summed E-state index contributed by atoms with van der Waals surface area (Å²) in [7, 11) is 0. The molecule has 0 unspecified atom stereocenters. The quantitative estimate of drug-likeness (QED) is 0.872. The van der Waals surface area contributed by atoms with Gasteiger partial charge in [-0.1, -0.05) is 6.42 Å². The standard InChI is InChI=1S/C13H14N2O3/c1-8-10(9-4-2-7-18-9)15-11(14-8)13(12(16)17)5-3-6-13/h2,4,7H,3,5-6H2,1H3,(H,14,15)(H,16,17). The Hall–Kier alpha value is -2.04. The SMILES string of the molecule is Cc1[nH]c(C2(C(=O)O)CCC2)nc1-c1ccco1. The van der Waals surface area contributed by atoms with Crippen molar-refractivity contribution < 1.29 is 14.3 Å². The molecule has 1 aliphatic carbocycles. The summed E-state index contributed by atoms with van der Waals surface area (Å²) in [5.74, 6) is 0.411. The smallest absolute Gasteiger partial charge is 0.317 e. The molecule has 2 aromatic rings. The number of nitrogens with one attached hydrogen (secondary N) is 1. The Morgan fingerprint density at radius 3 is 2.83 bits per heavy atom. The fourth-order valence-electron chi connectivity index (χ4n) is 2.42. The second kappa shape index (κ2) is 3.73. The normalized spacial score (nSPS) is 17.4. The minimum Gasteiger partial charge on any atom is -0.480 e. The number of carboxylic acids is 1. The Balaban J connectivity index is 2.05. The van der Waals surface area contributed by atoms with Crippen LogP contribution in [0.15, 0.2) is 22.8 Å². The number of rotatable bonds is 3. The first-order valence-electron chi connectivity index (χ1n) is 5.98. The summed E-state index contributed by atoms with van der Waals surface area (Å²) >= 11 is 0. The lowest BCUT2D eigenvalue weighted by Crippen LogP contribution is -2.43. The van der Waals surface area contributed by atoms with E-state index in [1.54, 1.807) is 12.3 Å². The highest BCUT2D eigenvalue weighted by Gasteiger charge is 2.48. The van der Waals surface area contributed by atoms with Gasteiger partial charge >= 0.3 is 5.97 Å². The highest BCUT2D eigenvalue weighted by molar-refractivity contribution is 5.81. The van der Waals surface area contributed by atoms with E-state index in [0.717, 1.165) is 12.1 Å². The largest absolute Gasteiger partial charge is 0.480 e. The molecule has 1 aliphatic rings. The monoisotopic (exact) mass is 246 g/mol. The summed E-state index contributed by atoms with van der Waals surface area (Å²) in [6.07, 6.45) is 3.81. The van der Waals surface area contributed by atoms with E-state index in [0.29, 0.717) is 30.1 Å². The van der Waals surface area contributed by atoms with Gasteiger partial charge in [0.1, 0.15) is 16.9 Å². The zero-order valence-corrected chi connectivity index (χ0v) is 10.1. The molecule has 5 heteroatoms. The van der Waals surface area contributed by atoms with E-state index in [2.05, 4.69) is 9.97 Å². The van der Waals surface area contributed by atoms with Crippen LogP contribution in [0.2, 0.25) is 0 Å². The number of furan rings is 1. The summed E-state index contributed by atoms with van der Waals surface area (Å²) in [4.78, 5) is 19.0. The van der Waals surface area contributed by atoms with Crippen LogP contribution in [-0.4, -0.2) is 21.0 Å². The second-order valence-electron chi connectivity index (χ2n) is 4.78. The van der Waals surface area contributed by atoms with Crippen LogP contribution in [0.5, 0.6) is 0 Å². The second-order valence-corrected chi connectivity index (χ2v) is 4.78. The number of imidazole rings is 1. The van der Waals surface area contributed by atoms with Crippen LogP contribution in [0.4, 0.5) is 0 Å². The first-order valence-corrected chi connectivity index (χ1v) is 5.98. The van der Waals surface area contributed by atoms with E-state index in [-0.39, 0.29) is 0 Å². The van der Waals surface area contributed by atoms with Gasteiger partial charge in [0.25, 0.3) is 0 Å². The topological polar surface area (TPSA) is 79.1 Å². The highest BCUT2D eigenvalue weighted by atomic mass is 16.4. The van der Waals surface area contributed by atoms with Gasteiger partial charge in [0.15, 0.2) is 5.76 Å². The van der Waals surface area contributed by atoms with Gasteiger partial charge in [-0.3, -0.25) is 4.79 Å². The summed E-state index contributed by atoms with van der Waals surface area (Å²) < 4.78 is 5.31. The van der Waals surface area contributed by atoms with Crippen molar-refractivity contribution in [2.75, 3.05) is 0 Å². The van der Waals surface area contributed by atoms with E-state index in [1.807, 2.05) is 13.0 Å². The summed E-state index contributed by atoms with van der Waals surface area (Å²) in [6.45, 7) is 1.88. The van der Waals surface area contributed by atoms with Gasteiger partial charge in [0, 0.05) is 5.69 Å². The summed E-state index contributed by atoms with van der Waals surface area (Å²) in [5.41, 5.74) is 0.713. The van der Waals surface area contributed by atoms with E-state index in [4.69, 9.17) is 4.42 Å². The molecule has 1 fully saturated rings. The number of hydrogen-bond donors (Lipinski definition) is 2. The fourth-order valence-corrected chi connectivity index (χ4v) is 2.42. The number of carbonyl (C=O) groups is 1.